The Balaban J connectivity index is 1.44. The molecule has 0 spiro atoms. The second-order valence-electron chi connectivity index (χ2n) is 7.76. The van der Waals surface area contributed by atoms with Crippen LogP contribution in [0.1, 0.15) is 30.0 Å². The summed E-state index contributed by atoms with van der Waals surface area (Å²) in [5.41, 5.74) is 5.24. The monoisotopic (exact) mass is 373 g/mol. The van der Waals surface area contributed by atoms with Crippen LogP contribution in [0.15, 0.2) is 47.5 Å². The van der Waals surface area contributed by atoms with Gasteiger partial charge < -0.3 is 9.88 Å². The van der Waals surface area contributed by atoms with E-state index in [0.29, 0.717) is 0 Å². The van der Waals surface area contributed by atoms with Gasteiger partial charge in [0.15, 0.2) is 0 Å². The molecule has 1 N–H and O–H groups in total. The van der Waals surface area contributed by atoms with Crippen LogP contribution in [0.2, 0.25) is 0 Å². The third-order valence-corrected chi connectivity index (χ3v) is 5.77. The average molecular weight is 373 g/mol. The number of benzene rings is 2. The number of imidazole rings is 1. The molecule has 0 saturated carbocycles. The van der Waals surface area contributed by atoms with Crippen LogP contribution in [0.25, 0.3) is 21.9 Å². The highest BCUT2D eigenvalue weighted by atomic mass is 16.1. The fourth-order valence-electron chi connectivity index (χ4n) is 4.35. The molecule has 1 aliphatic rings. The maximum absolute atomic E-state index is 12.6. The summed E-state index contributed by atoms with van der Waals surface area (Å²) in [4.78, 5) is 26.9. The summed E-state index contributed by atoms with van der Waals surface area (Å²) in [7, 11) is 0. The predicted octanol–water partition coefficient (Wildman–Crippen LogP) is 3.73. The first kappa shape index (κ1) is 17.0. The third kappa shape index (κ3) is 2.76. The molecule has 5 rings (SSSR count). The maximum Gasteiger partial charge on any atom is 0.326 e. The molecule has 1 aliphatic heterocycles. The topological polar surface area (TPSA) is 66.8 Å². The minimum atomic E-state index is -0.0119. The highest BCUT2D eigenvalue weighted by molar-refractivity contribution is 5.89. The molecule has 6 nitrogen and oxygen atoms in total. The lowest BCUT2D eigenvalue weighted by molar-refractivity contribution is 0.395. The molecule has 0 bridgehead atoms. The number of H-pyrrole nitrogens is 1. The van der Waals surface area contributed by atoms with E-state index in [0.717, 1.165) is 59.2 Å². The van der Waals surface area contributed by atoms with E-state index < -0.39 is 0 Å². The molecule has 28 heavy (non-hydrogen) atoms. The lowest BCUT2D eigenvalue weighted by Crippen LogP contribution is -2.37. The molecule has 1 saturated heterocycles. The molecule has 0 radical (unpaired) electrons. The Bertz CT molecular complexity index is 1230. The molecule has 0 amide bonds. The van der Waals surface area contributed by atoms with E-state index >= 15 is 0 Å². The zero-order chi connectivity index (χ0) is 19.3. The van der Waals surface area contributed by atoms with Crippen molar-refractivity contribution in [1.82, 2.24) is 19.5 Å². The Morgan fingerprint density at radius 2 is 1.75 bits per heavy atom. The number of anilines is 1. The first-order valence-corrected chi connectivity index (χ1v) is 9.77. The molecule has 0 atom stereocenters. The Morgan fingerprint density at radius 3 is 2.57 bits per heavy atom. The van der Waals surface area contributed by atoms with Crippen LogP contribution < -0.4 is 10.6 Å². The van der Waals surface area contributed by atoms with Gasteiger partial charge in [-0.1, -0.05) is 17.7 Å². The number of aryl methyl sites for hydroxylation is 2. The maximum atomic E-state index is 12.6. The Labute approximate surface area is 162 Å². The van der Waals surface area contributed by atoms with Gasteiger partial charge in [0.25, 0.3) is 0 Å². The highest BCUT2D eigenvalue weighted by Crippen LogP contribution is 2.30. The molecule has 0 unspecified atom stereocenters. The fraction of sp³-hybridized carbons (Fsp3) is 0.318. The van der Waals surface area contributed by atoms with E-state index in [1.54, 1.807) is 6.33 Å². The summed E-state index contributed by atoms with van der Waals surface area (Å²) in [6.07, 6.45) is 3.47. The van der Waals surface area contributed by atoms with Crippen molar-refractivity contribution < 1.29 is 0 Å². The number of aromatic nitrogens is 4. The van der Waals surface area contributed by atoms with Gasteiger partial charge in [-0.05, 0) is 56.5 Å². The standard InChI is InChI=1S/C22H23N5O/c1-14-3-5-18-17(11-14)21(24-13-23-18)26-9-7-16(8-10-26)27-20-6-4-15(2)12-19(20)25-22(27)28/h3-6,11-13,16H,7-10H2,1-2H3,(H,25,28). The van der Waals surface area contributed by atoms with Crippen molar-refractivity contribution in [2.24, 2.45) is 0 Å². The van der Waals surface area contributed by atoms with Gasteiger partial charge in [0.05, 0.1) is 16.6 Å². The van der Waals surface area contributed by atoms with Crippen LogP contribution in [0.3, 0.4) is 0 Å². The number of rotatable bonds is 2. The van der Waals surface area contributed by atoms with Gasteiger partial charge >= 0.3 is 5.69 Å². The number of piperidine rings is 1. The molecule has 1 fully saturated rings. The van der Waals surface area contributed by atoms with Crippen molar-refractivity contribution in [3.05, 3.63) is 64.3 Å². The minimum absolute atomic E-state index is 0.0119. The zero-order valence-corrected chi connectivity index (χ0v) is 16.1. The predicted molar refractivity (Wildman–Crippen MR) is 112 cm³/mol. The minimum Gasteiger partial charge on any atom is -0.356 e. The van der Waals surface area contributed by atoms with Crippen molar-refractivity contribution in [2.75, 3.05) is 18.0 Å². The number of aromatic amines is 1. The number of nitrogens with one attached hydrogen (secondary N) is 1. The van der Waals surface area contributed by atoms with Crippen LogP contribution in [-0.2, 0) is 0 Å². The molecule has 0 aliphatic carbocycles. The number of hydrogen-bond acceptors (Lipinski definition) is 4. The Hall–Kier alpha value is -3.15. The average Bonchev–Trinajstić information content (AvgIpc) is 3.02. The molecule has 2 aromatic carbocycles. The summed E-state index contributed by atoms with van der Waals surface area (Å²) < 4.78 is 1.94. The molecule has 6 heteroatoms. The largest absolute Gasteiger partial charge is 0.356 e. The van der Waals surface area contributed by atoms with E-state index in [1.165, 1.54) is 5.56 Å². The molecule has 3 heterocycles. The van der Waals surface area contributed by atoms with Gasteiger partial charge in [0.2, 0.25) is 0 Å². The first-order valence-electron chi connectivity index (χ1n) is 9.77. The van der Waals surface area contributed by atoms with Gasteiger partial charge in [0, 0.05) is 24.5 Å². The van der Waals surface area contributed by atoms with Crippen LogP contribution in [-0.4, -0.2) is 32.6 Å². The number of nitrogens with zero attached hydrogens (tertiary/aromatic N) is 4. The van der Waals surface area contributed by atoms with E-state index in [9.17, 15) is 4.79 Å². The normalized spacial score (nSPS) is 15.6. The third-order valence-electron chi connectivity index (χ3n) is 5.77. The highest BCUT2D eigenvalue weighted by Gasteiger charge is 2.25. The number of hydrogen-bond donors (Lipinski definition) is 1. The second kappa shape index (κ2) is 6.48. The molecular formula is C22H23N5O. The Kier molecular flexibility index (Phi) is 3.93. The van der Waals surface area contributed by atoms with Gasteiger partial charge in [-0.2, -0.15) is 0 Å². The smallest absolute Gasteiger partial charge is 0.326 e. The van der Waals surface area contributed by atoms with E-state index in [4.69, 9.17) is 0 Å². The lowest BCUT2D eigenvalue weighted by atomic mass is 10.0. The molecule has 4 aromatic rings. The van der Waals surface area contributed by atoms with E-state index in [1.807, 2.05) is 17.6 Å². The lowest BCUT2D eigenvalue weighted by Gasteiger charge is -2.33. The van der Waals surface area contributed by atoms with E-state index in [-0.39, 0.29) is 11.7 Å². The van der Waals surface area contributed by atoms with Crippen molar-refractivity contribution >= 4 is 27.8 Å². The van der Waals surface area contributed by atoms with Crippen molar-refractivity contribution in [1.29, 1.82) is 0 Å². The fourth-order valence-corrected chi connectivity index (χ4v) is 4.35. The number of fused-ring (bicyclic) bond motifs is 2. The summed E-state index contributed by atoms with van der Waals surface area (Å²) in [6, 6.07) is 12.6. The van der Waals surface area contributed by atoms with Crippen LogP contribution >= 0.6 is 0 Å². The summed E-state index contributed by atoms with van der Waals surface area (Å²) in [5.74, 6) is 0.994. The summed E-state index contributed by atoms with van der Waals surface area (Å²) in [5, 5.41) is 1.10. The van der Waals surface area contributed by atoms with Crippen LogP contribution in [0.4, 0.5) is 5.82 Å². The van der Waals surface area contributed by atoms with E-state index in [2.05, 4.69) is 57.1 Å². The van der Waals surface area contributed by atoms with Gasteiger partial charge in [-0.15, -0.1) is 0 Å². The van der Waals surface area contributed by atoms with Crippen molar-refractivity contribution in [3.8, 4) is 0 Å². The summed E-state index contributed by atoms with van der Waals surface area (Å²) in [6.45, 7) is 5.88. The van der Waals surface area contributed by atoms with Crippen LogP contribution in [0, 0.1) is 13.8 Å². The van der Waals surface area contributed by atoms with Crippen molar-refractivity contribution in [2.45, 2.75) is 32.7 Å². The first-order chi connectivity index (χ1) is 13.6. The van der Waals surface area contributed by atoms with Gasteiger partial charge in [-0.3, -0.25) is 4.57 Å². The Morgan fingerprint density at radius 1 is 1.00 bits per heavy atom. The molecular weight excluding hydrogens is 350 g/mol. The van der Waals surface area contributed by atoms with Gasteiger partial charge in [0.1, 0.15) is 12.1 Å². The molecule has 142 valence electrons. The summed E-state index contributed by atoms with van der Waals surface area (Å²) >= 11 is 0. The van der Waals surface area contributed by atoms with Crippen molar-refractivity contribution in [3.63, 3.8) is 0 Å². The quantitative estimate of drug-likeness (QED) is 0.581. The van der Waals surface area contributed by atoms with Crippen LogP contribution in [0.5, 0.6) is 0 Å². The second-order valence-corrected chi connectivity index (χ2v) is 7.76. The van der Waals surface area contributed by atoms with Gasteiger partial charge in [-0.25, -0.2) is 14.8 Å². The SMILES string of the molecule is Cc1ccc2c(c1)[nH]c(=O)n2C1CCN(c2ncnc3ccc(C)cc23)CC1. The molecule has 2 aromatic heterocycles. The zero-order valence-electron chi connectivity index (χ0n) is 16.1.